The molecule has 0 saturated heterocycles. The number of amides is 1. The normalized spacial score (nSPS) is 11.3. The lowest BCUT2D eigenvalue weighted by Crippen LogP contribution is -2.46. The third-order valence-electron chi connectivity index (χ3n) is 3.01. The monoisotopic (exact) mass is 350 g/mol. The molecule has 110 valence electrons. The Balaban J connectivity index is 3.35. The van der Waals surface area contributed by atoms with Crippen LogP contribution in [0.2, 0.25) is 0 Å². The molecule has 8 heteroatoms. The number of nitrogens with zero attached hydrogens (tertiary/aromatic N) is 2. The van der Waals surface area contributed by atoms with E-state index in [0.717, 1.165) is 0 Å². The zero-order valence-electron chi connectivity index (χ0n) is 11.1. The Bertz CT molecular complexity index is 564. The quantitative estimate of drug-likeness (QED) is 0.476. The molecule has 0 bridgehead atoms. The molecule has 0 aliphatic carbocycles. The van der Waals surface area contributed by atoms with Crippen LogP contribution in [-0.4, -0.2) is 33.6 Å². The van der Waals surface area contributed by atoms with Gasteiger partial charge in [0.2, 0.25) is 0 Å². The van der Waals surface area contributed by atoms with Crippen molar-refractivity contribution in [1.29, 1.82) is 0 Å². The molecule has 0 heterocycles. The first-order chi connectivity index (χ1) is 9.11. The number of alkyl halides is 1. The molecule has 1 rings (SSSR count). The summed E-state index contributed by atoms with van der Waals surface area (Å²) in [7, 11) is 1.44. The smallest absolute Gasteiger partial charge is 0.285 e. The fourth-order valence-corrected chi connectivity index (χ4v) is 1.78. The Kier molecular flexibility index (Phi) is 4.80. The van der Waals surface area contributed by atoms with Crippen molar-refractivity contribution in [3.05, 3.63) is 39.4 Å². The fraction of sp³-hybridized carbons (Fsp3) is 0.417. The van der Waals surface area contributed by atoms with Gasteiger partial charge in [0.25, 0.3) is 11.6 Å². The highest BCUT2D eigenvalue weighted by atomic mass is 79.9. The lowest BCUT2D eigenvalue weighted by molar-refractivity contribution is -0.385. The highest BCUT2D eigenvalue weighted by Gasteiger charge is 2.32. The average molecular weight is 351 g/mol. The summed E-state index contributed by atoms with van der Waals surface area (Å²) in [6.45, 7) is 3.46. The molecule has 0 saturated carbocycles. The molecule has 1 aromatic rings. The average Bonchev–Trinajstić information content (AvgIpc) is 2.39. The largest absolute Gasteiger partial charge is 0.336 e. The molecule has 1 amide bonds. The third kappa shape index (κ3) is 3.12. The Labute approximate surface area is 122 Å². The molecular weight excluding hydrogens is 338 g/mol. The number of benzene rings is 1. The lowest BCUT2D eigenvalue weighted by atomic mass is 10.0. The van der Waals surface area contributed by atoms with E-state index in [1.54, 1.807) is 13.8 Å². The van der Waals surface area contributed by atoms with Gasteiger partial charge in [0, 0.05) is 17.9 Å². The van der Waals surface area contributed by atoms with Gasteiger partial charge in [-0.1, -0.05) is 15.9 Å². The van der Waals surface area contributed by atoms with Crippen LogP contribution in [0.15, 0.2) is 12.1 Å². The van der Waals surface area contributed by atoms with Crippen LogP contribution in [-0.2, 0) is 0 Å². The predicted molar refractivity (Wildman–Crippen MR) is 73.0 cm³/mol. The number of nitro groups is 1. The second kappa shape index (κ2) is 5.82. The van der Waals surface area contributed by atoms with Gasteiger partial charge in [0.1, 0.15) is 5.56 Å². The van der Waals surface area contributed by atoms with Crippen molar-refractivity contribution in [2.24, 2.45) is 0 Å². The molecule has 5 nitrogen and oxygen atoms in total. The minimum atomic E-state index is -1.37. The highest BCUT2D eigenvalue weighted by Crippen LogP contribution is 2.26. The molecule has 0 N–H and O–H groups in total. The Hall–Kier alpha value is -1.57. The van der Waals surface area contributed by atoms with Crippen LogP contribution in [0.3, 0.4) is 0 Å². The molecule has 1 aromatic carbocycles. The van der Waals surface area contributed by atoms with Gasteiger partial charge in [-0.2, -0.15) is 0 Å². The number of halogens is 3. The summed E-state index contributed by atoms with van der Waals surface area (Å²) in [5, 5.41) is 11.3. The van der Waals surface area contributed by atoms with Gasteiger partial charge in [0.05, 0.1) is 11.0 Å². The van der Waals surface area contributed by atoms with Crippen molar-refractivity contribution in [2.75, 3.05) is 12.4 Å². The fourth-order valence-electron chi connectivity index (χ4n) is 1.40. The molecule has 0 aliphatic heterocycles. The summed E-state index contributed by atoms with van der Waals surface area (Å²) in [5.41, 5.74) is -1.88. The van der Waals surface area contributed by atoms with Crippen molar-refractivity contribution in [3.63, 3.8) is 0 Å². The summed E-state index contributed by atoms with van der Waals surface area (Å²) < 4.78 is 26.3. The van der Waals surface area contributed by atoms with Crippen molar-refractivity contribution < 1.29 is 18.5 Å². The molecule has 0 unspecified atom stereocenters. The first-order valence-electron chi connectivity index (χ1n) is 5.59. The van der Waals surface area contributed by atoms with E-state index in [-0.39, 0.29) is 0 Å². The van der Waals surface area contributed by atoms with Crippen molar-refractivity contribution in [2.45, 2.75) is 19.4 Å². The van der Waals surface area contributed by atoms with Crippen LogP contribution >= 0.6 is 15.9 Å². The van der Waals surface area contributed by atoms with E-state index in [0.29, 0.717) is 17.5 Å². The van der Waals surface area contributed by atoms with Gasteiger partial charge in [-0.05, 0) is 19.9 Å². The van der Waals surface area contributed by atoms with Crippen LogP contribution < -0.4 is 0 Å². The maximum Gasteiger partial charge on any atom is 0.285 e. The van der Waals surface area contributed by atoms with E-state index in [1.807, 2.05) is 0 Å². The first-order valence-corrected chi connectivity index (χ1v) is 6.71. The van der Waals surface area contributed by atoms with Gasteiger partial charge in [-0.15, -0.1) is 0 Å². The molecule has 0 radical (unpaired) electrons. The maximum atomic E-state index is 13.2. The van der Waals surface area contributed by atoms with Crippen molar-refractivity contribution in [3.8, 4) is 0 Å². The second-order valence-corrected chi connectivity index (χ2v) is 5.41. The topological polar surface area (TPSA) is 63.5 Å². The van der Waals surface area contributed by atoms with Crippen molar-refractivity contribution in [1.82, 2.24) is 4.90 Å². The van der Waals surface area contributed by atoms with Gasteiger partial charge >= 0.3 is 0 Å². The molecule has 20 heavy (non-hydrogen) atoms. The second-order valence-electron chi connectivity index (χ2n) is 4.85. The standard InChI is InChI=1S/C12H13BrF2N2O3/c1-12(2,6-13)16(3)11(18)7-4-8(14)9(15)5-10(7)17(19)20/h4-5H,6H2,1-3H3. The Morgan fingerprint density at radius 3 is 2.35 bits per heavy atom. The molecule has 0 aliphatic rings. The molecule has 0 fully saturated rings. The summed E-state index contributed by atoms with van der Waals surface area (Å²) in [6.07, 6.45) is 0. The zero-order chi connectivity index (χ0) is 15.7. The molecular formula is C12H13BrF2N2O3. The zero-order valence-corrected chi connectivity index (χ0v) is 12.7. The summed E-state index contributed by atoms with van der Waals surface area (Å²) in [6, 6.07) is 0.966. The van der Waals surface area contributed by atoms with Crippen LogP contribution in [0, 0.1) is 21.7 Å². The van der Waals surface area contributed by atoms with Crippen LogP contribution in [0.5, 0.6) is 0 Å². The van der Waals surface area contributed by atoms with Crippen LogP contribution in [0.4, 0.5) is 14.5 Å². The van der Waals surface area contributed by atoms with Gasteiger partial charge in [-0.25, -0.2) is 8.78 Å². The van der Waals surface area contributed by atoms with E-state index in [2.05, 4.69) is 15.9 Å². The number of hydrogen-bond acceptors (Lipinski definition) is 3. The predicted octanol–water partition coefficient (Wildman–Crippen LogP) is 3.12. The minimum Gasteiger partial charge on any atom is -0.336 e. The van der Waals surface area contributed by atoms with Gasteiger partial charge in [0.15, 0.2) is 11.6 Å². The van der Waals surface area contributed by atoms with E-state index >= 15 is 0 Å². The minimum absolute atomic E-state index is 0.414. The molecule has 0 spiro atoms. The maximum absolute atomic E-state index is 13.2. The van der Waals surface area contributed by atoms with E-state index < -0.39 is 39.3 Å². The summed E-state index contributed by atoms with van der Waals surface area (Å²) in [5.74, 6) is -3.42. The number of carbonyl (C=O) groups excluding carboxylic acids is 1. The number of rotatable bonds is 4. The SMILES string of the molecule is CN(C(=O)c1cc(F)c(F)cc1[N+](=O)[O-])C(C)(C)CBr. The molecule has 0 atom stereocenters. The van der Waals surface area contributed by atoms with Crippen LogP contribution in [0.25, 0.3) is 0 Å². The Morgan fingerprint density at radius 1 is 1.40 bits per heavy atom. The van der Waals surface area contributed by atoms with E-state index in [4.69, 9.17) is 0 Å². The highest BCUT2D eigenvalue weighted by molar-refractivity contribution is 9.09. The number of carbonyl (C=O) groups is 1. The molecule has 0 aromatic heterocycles. The summed E-state index contributed by atoms with van der Waals surface area (Å²) >= 11 is 3.22. The van der Waals surface area contributed by atoms with E-state index in [1.165, 1.54) is 11.9 Å². The van der Waals surface area contributed by atoms with Crippen molar-refractivity contribution >= 4 is 27.5 Å². The van der Waals surface area contributed by atoms with E-state index in [9.17, 15) is 23.7 Å². The lowest BCUT2D eigenvalue weighted by Gasteiger charge is -2.34. The van der Waals surface area contributed by atoms with Gasteiger partial charge in [-0.3, -0.25) is 14.9 Å². The third-order valence-corrected chi connectivity index (χ3v) is 4.38. The number of nitro benzene ring substituents is 1. The van der Waals surface area contributed by atoms with Crippen LogP contribution in [0.1, 0.15) is 24.2 Å². The van der Waals surface area contributed by atoms with Gasteiger partial charge < -0.3 is 4.90 Å². The Morgan fingerprint density at radius 2 is 1.90 bits per heavy atom. The first kappa shape index (κ1) is 16.5. The number of hydrogen-bond donors (Lipinski definition) is 0. The summed E-state index contributed by atoms with van der Waals surface area (Å²) in [4.78, 5) is 23.4.